The number of amides is 1. The van der Waals surface area contributed by atoms with E-state index in [0.717, 1.165) is 0 Å². The van der Waals surface area contributed by atoms with Crippen LogP contribution in [0.3, 0.4) is 0 Å². The Morgan fingerprint density at radius 3 is 2.36 bits per heavy atom. The number of aromatic nitrogens is 1. The molecule has 5 nitrogen and oxygen atoms in total. The van der Waals surface area contributed by atoms with Gasteiger partial charge >= 0.3 is 0 Å². The van der Waals surface area contributed by atoms with Crippen molar-refractivity contribution in [2.24, 2.45) is 0 Å². The zero-order valence-electron chi connectivity index (χ0n) is 11.3. The number of halogens is 1. The molecule has 0 radical (unpaired) electrons. The lowest BCUT2D eigenvalue weighted by Crippen LogP contribution is -2.19. The molecule has 0 fully saturated rings. The van der Waals surface area contributed by atoms with E-state index >= 15 is 0 Å². The number of benzene rings is 2. The van der Waals surface area contributed by atoms with Crippen LogP contribution < -0.4 is 10.9 Å². The number of rotatable bonds is 2. The van der Waals surface area contributed by atoms with Crippen LogP contribution in [-0.4, -0.2) is 16.0 Å². The predicted octanol–water partition coefficient (Wildman–Crippen LogP) is 3.14. The van der Waals surface area contributed by atoms with Crippen molar-refractivity contribution >= 4 is 34.0 Å². The third kappa shape index (κ3) is 2.54. The van der Waals surface area contributed by atoms with Gasteiger partial charge in [-0.1, -0.05) is 29.8 Å². The summed E-state index contributed by atoms with van der Waals surface area (Å²) in [5.74, 6) is -0.871. The number of nitrogens with one attached hydrogen (secondary N) is 2. The molecular weight excluding hydrogens is 304 g/mol. The molecule has 0 atom stereocenters. The van der Waals surface area contributed by atoms with Gasteiger partial charge < -0.3 is 15.4 Å². The molecule has 1 heterocycles. The normalized spacial score (nSPS) is 10.6. The first-order chi connectivity index (χ1) is 10.6. The minimum absolute atomic E-state index is 0.182. The Bertz CT molecular complexity index is 917. The first kappa shape index (κ1) is 14.2. The van der Waals surface area contributed by atoms with E-state index in [0.29, 0.717) is 21.5 Å². The molecule has 1 amide bonds. The van der Waals surface area contributed by atoms with E-state index in [1.54, 1.807) is 48.5 Å². The molecule has 0 spiro atoms. The lowest BCUT2D eigenvalue weighted by molar-refractivity contribution is 0.101. The van der Waals surface area contributed by atoms with Crippen LogP contribution in [0.2, 0.25) is 5.02 Å². The number of carbonyl (C=O) groups is 1. The highest BCUT2D eigenvalue weighted by Crippen LogP contribution is 2.25. The fourth-order valence-electron chi connectivity index (χ4n) is 2.15. The predicted molar refractivity (Wildman–Crippen MR) is 85.6 cm³/mol. The maximum atomic E-state index is 12.2. The number of aromatic hydroxyl groups is 1. The van der Waals surface area contributed by atoms with Crippen molar-refractivity contribution < 1.29 is 9.90 Å². The molecule has 0 saturated carbocycles. The average Bonchev–Trinajstić information content (AvgIpc) is 2.53. The van der Waals surface area contributed by atoms with Crippen LogP contribution in [0.5, 0.6) is 5.75 Å². The standard InChI is InChI=1S/C16H11ClN2O3/c17-9-5-7-10(8-6-9)18-16(22)13-14(20)11-3-1-2-4-12(11)15(21)19-13/h1-8,20H,(H,18,22)(H,19,21). The Balaban J connectivity index is 2.02. The summed E-state index contributed by atoms with van der Waals surface area (Å²) in [6, 6.07) is 13.0. The molecule has 3 N–H and O–H groups in total. The monoisotopic (exact) mass is 314 g/mol. The number of anilines is 1. The van der Waals surface area contributed by atoms with E-state index in [-0.39, 0.29) is 11.4 Å². The number of carbonyl (C=O) groups excluding carboxylic acids is 1. The number of fused-ring (bicyclic) bond motifs is 1. The third-order valence-corrected chi connectivity index (χ3v) is 3.48. The van der Waals surface area contributed by atoms with Gasteiger partial charge in [-0.25, -0.2) is 0 Å². The summed E-state index contributed by atoms with van der Waals surface area (Å²) < 4.78 is 0. The molecular formula is C16H11ClN2O3. The summed E-state index contributed by atoms with van der Waals surface area (Å²) in [4.78, 5) is 26.6. The molecule has 1 aromatic heterocycles. The van der Waals surface area contributed by atoms with Crippen molar-refractivity contribution in [2.75, 3.05) is 5.32 Å². The highest BCUT2D eigenvalue weighted by molar-refractivity contribution is 6.30. The van der Waals surface area contributed by atoms with Crippen LogP contribution in [0.25, 0.3) is 10.8 Å². The molecule has 3 rings (SSSR count). The maximum Gasteiger partial charge on any atom is 0.276 e. The molecule has 6 heteroatoms. The average molecular weight is 315 g/mol. The van der Waals surface area contributed by atoms with Gasteiger partial charge in [0.05, 0.1) is 5.39 Å². The van der Waals surface area contributed by atoms with Crippen LogP contribution in [0.1, 0.15) is 10.5 Å². The zero-order valence-corrected chi connectivity index (χ0v) is 12.0. The third-order valence-electron chi connectivity index (χ3n) is 3.23. The van der Waals surface area contributed by atoms with Crippen LogP contribution >= 0.6 is 11.6 Å². The van der Waals surface area contributed by atoms with E-state index in [1.165, 1.54) is 0 Å². The van der Waals surface area contributed by atoms with E-state index < -0.39 is 11.5 Å². The largest absolute Gasteiger partial charge is 0.505 e. The highest BCUT2D eigenvalue weighted by Gasteiger charge is 2.16. The van der Waals surface area contributed by atoms with Gasteiger partial charge in [0.25, 0.3) is 11.5 Å². The molecule has 3 aromatic rings. The Morgan fingerprint density at radius 2 is 1.68 bits per heavy atom. The first-order valence-electron chi connectivity index (χ1n) is 6.47. The van der Waals surface area contributed by atoms with Crippen LogP contribution in [0.4, 0.5) is 5.69 Å². The first-order valence-corrected chi connectivity index (χ1v) is 6.85. The molecule has 0 bridgehead atoms. The SMILES string of the molecule is O=C(Nc1ccc(Cl)cc1)c1[nH]c(=O)c2ccccc2c1O. The van der Waals surface area contributed by atoms with Gasteiger partial charge in [-0.3, -0.25) is 9.59 Å². The molecule has 0 aliphatic carbocycles. The fourth-order valence-corrected chi connectivity index (χ4v) is 2.28. The summed E-state index contributed by atoms with van der Waals surface area (Å²) in [6.45, 7) is 0. The minimum Gasteiger partial charge on any atom is -0.505 e. The second-order valence-electron chi connectivity index (χ2n) is 4.68. The number of hydrogen-bond donors (Lipinski definition) is 3. The van der Waals surface area contributed by atoms with Crippen molar-refractivity contribution in [3.8, 4) is 5.75 Å². The molecule has 0 aliphatic rings. The number of hydrogen-bond acceptors (Lipinski definition) is 3. The lowest BCUT2D eigenvalue weighted by atomic mass is 10.1. The van der Waals surface area contributed by atoms with Gasteiger partial charge in [0.15, 0.2) is 11.4 Å². The molecule has 0 saturated heterocycles. The Kier molecular flexibility index (Phi) is 3.56. The van der Waals surface area contributed by atoms with Crippen molar-refractivity contribution in [3.05, 3.63) is 69.6 Å². The van der Waals surface area contributed by atoms with Crippen molar-refractivity contribution in [1.82, 2.24) is 4.98 Å². The van der Waals surface area contributed by atoms with Gasteiger partial charge in [0, 0.05) is 16.1 Å². The quantitative estimate of drug-likeness (QED) is 0.679. The Labute approximate surface area is 130 Å². The van der Waals surface area contributed by atoms with Crippen molar-refractivity contribution in [3.63, 3.8) is 0 Å². The molecule has 2 aromatic carbocycles. The number of pyridine rings is 1. The number of H-pyrrole nitrogens is 1. The molecule has 110 valence electrons. The smallest absolute Gasteiger partial charge is 0.276 e. The van der Waals surface area contributed by atoms with E-state index in [4.69, 9.17) is 11.6 Å². The summed E-state index contributed by atoms with van der Waals surface area (Å²) in [5, 5.41) is 14.0. The van der Waals surface area contributed by atoms with Crippen LogP contribution in [0.15, 0.2) is 53.3 Å². The molecule has 0 aliphatic heterocycles. The van der Waals surface area contributed by atoms with Crippen molar-refractivity contribution in [2.45, 2.75) is 0 Å². The maximum absolute atomic E-state index is 12.2. The molecule has 22 heavy (non-hydrogen) atoms. The van der Waals surface area contributed by atoms with Gasteiger partial charge in [-0.05, 0) is 30.3 Å². The lowest BCUT2D eigenvalue weighted by Gasteiger charge is -2.08. The van der Waals surface area contributed by atoms with E-state index in [2.05, 4.69) is 10.3 Å². The minimum atomic E-state index is -0.609. The van der Waals surface area contributed by atoms with Crippen molar-refractivity contribution in [1.29, 1.82) is 0 Å². The second kappa shape index (κ2) is 5.54. The summed E-state index contributed by atoms with van der Waals surface area (Å²) in [6.07, 6.45) is 0. The topological polar surface area (TPSA) is 82.2 Å². The second-order valence-corrected chi connectivity index (χ2v) is 5.12. The zero-order chi connectivity index (χ0) is 15.7. The van der Waals surface area contributed by atoms with Crippen LogP contribution in [-0.2, 0) is 0 Å². The molecule has 0 unspecified atom stereocenters. The van der Waals surface area contributed by atoms with E-state index in [1.807, 2.05) is 0 Å². The van der Waals surface area contributed by atoms with Gasteiger partial charge in [-0.2, -0.15) is 0 Å². The fraction of sp³-hybridized carbons (Fsp3) is 0. The Morgan fingerprint density at radius 1 is 1.05 bits per heavy atom. The highest BCUT2D eigenvalue weighted by atomic mass is 35.5. The summed E-state index contributed by atoms with van der Waals surface area (Å²) in [5.41, 5.74) is -0.115. The Hall–Kier alpha value is -2.79. The van der Waals surface area contributed by atoms with Gasteiger partial charge in [0.2, 0.25) is 0 Å². The van der Waals surface area contributed by atoms with Gasteiger partial charge in [-0.15, -0.1) is 0 Å². The number of aromatic amines is 1. The van der Waals surface area contributed by atoms with Crippen LogP contribution in [0, 0.1) is 0 Å². The van der Waals surface area contributed by atoms with Gasteiger partial charge in [0.1, 0.15) is 0 Å². The van der Waals surface area contributed by atoms with E-state index in [9.17, 15) is 14.7 Å². The summed E-state index contributed by atoms with van der Waals surface area (Å²) >= 11 is 5.78. The summed E-state index contributed by atoms with van der Waals surface area (Å²) in [7, 11) is 0.